The third-order valence-electron chi connectivity index (χ3n) is 3.46. The Morgan fingerprint density at radius 1 is 1.21 bits per heavy atom. The summed E-state index contributed by atoms with van der Waals surface area (Å²) in [5, 5.41) is 14.4. The normalized spacial score (nSPS) is 11.7. The van der Waals surface area contributed by atoms with E-state index in [1.165, 1.54) is 5.56 Å². The maximum absolute atomic E-state index is 4.64. The summed E-state index contributed by atoms with van der Waals surface area (Å²) in [5.41, 5.74) is 3.31. The van der Waals surface area contributed by atoms with Crippen LogP contribution in [0, 0.1) is 6.92 Å². The van der Waals surface area contributed by atoms with Gasteiger partial charge in [0, 0.05) is 22.2 Å². The number of H-pyrrole nitrogens is 1. The highest BCUT2D eigenvalue weighted by molar-refractivity contribution is 7.98. The van der Waals surface area contributed by atoms with Gasteiger partial charge in [-0.1, -0.05) is 50.7 Å². The quantitative estimate of drug-likeness (QED) is 0.634. The first-order valence-corrected chi connectivity index (χ1v) is 9.61. The molecule has 2 aromatic heterocycles. The van der Waals surface area contributed by atoms with Crippen molar-refractivity contribution in [2.45, 2.75) is 44.0 Å². The van der Waals surface area contributed by atoms with Crippen LogP contribution in [0.15, 0.2) is 34.8 Å². The van der Waals surface area contributed by atoms with Gasteiger partial charge in [0.05, 0.1) is 5.69 Å². The highest BCUT2D eigenvalue weighted by atomic mass is 32.2. The highest BCUT2D eigenvalue weighted by Crippen LogP contribution is 2.27. The monoisotopic (exact) mass is 359 g/mol. The fourth-order valence-electron chi connectivity index (χ4n) is 2.04. The molecule has 0 amide bonds. The Hall–Kier alpha value is -1.86. The van der Waals surface area contributed by atoms with E-state index in [4.69, 9.17) is 0 Å². The number of nitrogens with zero attached hydrogens (tertiary/aromatic N) is 3. The number of nitrogens with one attached hydrogen (secondary N) is 2. The molecule has 3 aromatic rings. The molecule has 0 aliphatic heterocycles. The van der Waals surface area contributed by atoms with Gasteiger partial charge in [0.25, 0.3) is 0 Å². The number of hydrogen-bond acceptors (Lipinski definition) is 6. The van der Waals surface area contributed by atoms with Crippen LogP contribution in [0.2, 0.25) is 0 Å². The standard InChI is InChI=1S/C17H21N5S2/c1-11-7-5-6-8-13(11)19-15-18-12(9-23-15)10-24-16-20-14(21-22-16)17(2,3)4/h5-9H,10H2,1-4H3,(H,18,19)(H,20,21,22). The van der Waals surface area contributed by atoms with Crippen molar-refractivity contribution < 1.29 is 0 Å². The van der Waals surface area contributed by atoms with Gasteiger partial charge in [-0.25, -0.2) is 9.97 Å². The lowest BCUT2D eigenvalue weighted by molar-refractivity contribution is 0.547. The van der Waals surface area contributed by atoms with Crippen LogP contribution in [0.4, 0.5) is 10.8 Å². The topological polar surface area (TPSA) is 66.5 Å². The Bertz CT molecular complexity index is 816. The molecule has 0 aliphatic rings. The van der Waals surface area contributed by atoms with Gasteiger partial charge in [-0.05, 0) is 18.6 Å². The van der Waals surface area contributed by atoms with E-state index >= 15 is 0 Å². The van der Waals surface area contributed by atoms with Crippen molar-refractivity contribution in [2.75, 3.05) is 5.32 Å². The first kappa shape index (κ1) is 17.0. The second-order valence-corrected chi connectivity index (χ2v) is 8.39. The molecule has 0 aliphatic carbocycles. The van der Waals surface area contributed by atoms with Crippen LogP contribution in [0.1, 0.15) is 37.9 Å². The Kier molecular flexibility index (Phi) is 4.91. The number of aromatic amines is 1. The molecular formula is C17H21N5S2. The minimum Gasteiger partial charge on any atom is -0.331 e. The minimum absolute atomic E-state index is 0.0168. The van der Waals surface area contributed by atoms with Crippen LogP contribution < -0.4 is 5.32 Å². The van der Waals surface area contributed by atoms with Crippen molar-refractivity contribution in [2.24, 2.45) is 0 Å². The number of aryl methyl sites for hydroxylation is 1. The van der Waals surface area contributed by atoms with E-state index in [9.17, 15) is 0 Å². The molecule has 0 radical (unpaired) electrons. The number of anilines is 2. The average molecular weight is 360 g/mol. The molecule has 24 heavy (non-hydrogen) atoms. The van der Waals surface area contributed by atoms with Crippen LogP contribution >= 0.6 is 23.1 Å². The fourth-order valence-corrected chi connectivity index (χ4v) is 3.56. The van der Waals surface area contributed by atoms with Gasteiger partial charge in [0.15, 0.2) is 5.13 Å². The first-order chi connectivity index (χ1) is 11.4. The molecule has 2 heterocycles. The van der Waals surface area contributed by atoms with Gasteiger partial charge in [-0.15, -0.1) is 16.4 Å². The predicted molar refractivity (Wildman–Crippen MR) is 101 cm³/mol. The predicted octanol–water partition coefficient (Wildman–Crippen LogP) is 4.90. The molecule has 0 unspecified atom stereocenters. The van der Waals surface area contributed by atoms with Gasteiger partial charge in [-0.2, -0.15) is 0 Å². The van der Waals surface area contributed by atoms with E-state index in [1.807, 2.05) is 12.1 Å². The summed E-state index contributed by atoms with van der Waals surface area (Å²) < 4.78 is 0. The third-order valence-corrected chi connectivity index (χ3v) is 5.15. The van der Waals surface area contributed by atoms with Crippen molar-refractivity contribution in [3.63, 3.8) is 0 Å². The van der Waals surface area contributed by atoms with Gasteiger partial charge in [0.2, 0.25) is 5.16 Å². The zero-order valence-corrected chi connectivity index (χ0v) is 15.9. The highest BCUT2D eigenvalue weighted by Gasteiger charge is 2.18. The molecule has 7 heteroatoms. The van der Waals surface area contributed by atoms with Crippen LogP contribution in [0.5, 0.6) is 0 Å². The maximum atomic E-state index is 4.64. The fraction of sp³-hybridized carbons (Fsp3) is 0.353. The molecule has 3 rings (SSSR count). The molecule has 126 valence electrons. The van der Waals surface area contributed by atoms with Crippen LogP contribution in [0.25, 0.3) is 0 Å². The smallest absolute Gasteiger partial charge is 0.208 e. The zero-order valence-electron chi connectivity index (χ0n) is 14.3. The molecule has 0 bridgehead atoms. The molecule has 0 fully saturated rings. The summed E-state index contributed by atoms with van der Waals surface area (Å²) in [6.45, 7) is 8.44. The third kappa shape index (κ3) is 4.15. The Morgan fingerprint density at radius 3 is 2.71 bits per heavy atom. The summed E-state index contributed by atoms with van der Waals surface area (Å²) in [6, 6.07) is 8.21. The van der Waals surface area contributed by atoms with Gasteiger partial charge in [0.1, 0.15) is 5.82 Å². The summed E-state index contributed by atoms with van der Waals surface area (Å²) in [4.78, 5) is 9.18. The lowest BCUT2D eigenvalue weighted by Crippen LogP contribution is -2.13. The molecule has 1 aromatic carbocycles. The molecule has 0 spiro atoms. The number of thiazole rings is 1. The maximum Gasteiger partial charge on any atom is 0.208 e. The summed E-state index contributed by atoms with van der Waals surface area (Å²) in [7, 11) is 0. The molecular weight excluding hydrogens is 338 g/mol. The number of para-hydroxylation sites is 1. The number of aromatic nitrogens is 4. The second-order valence-electron chi connectivity index (χ2n) is 6.59. The van der Waals surface area contributed by atoms with E-state index in [2.05, 4.69) is 70.7 Å². The lowest BCUT2D eigenvalue weighted by Gasteiger charge is -2.12. The summed E-state index contributed by atoms with van der Waals surface area (Å²) in [6.07, 6.45) is 0. The summed E-state index contributed by atoms with van der Waals surface area (Å²) in [5.74, 6) is 1.66. The van der Waals surface area contributed by atoms with Crippen molar-refractivity contribution in [1.82, 2.24) is 20.2 Å². The van der Waals surface area contributed by atoms with E-state index in [-0.39, 0.29) is 5.41 Å². The van der Waals surface area contributed by atoms with Gasteiger partial charge >= 0.3 is 0 Å². The molecule has 0 saturated carbocycles. The number of rotatable bonds is 5. The first-order valence-electron chi connectivity index (χ1n) is 7.74. The second kappa shape index (κ2) is 6.94. The molecule has 2 N–H and O–H groups in total. The molecule has 5 nitrogen and oxygen atoms in total. The number of benzene rings is 1. The van der Waals surface area contributed by atoms with Crippen LogP contribution in [-0.2, 0) is 11.2 Å². The van der Waals surface area contributed by atoms with Crippen LogP contribution in [-0.4, -0.2) is 20.2 Å². The van der Waals surface area contributed by atoms with Crippen molar-refractivity contribution in [1.29, 1.82) is 0 Å². The average Bonchev–Trinajstić information content (AvgIpc) is 3.16. The summed E-state index contributed by atoms with van der Waals surface area (Å²) >= 11 is 3.21. The number of hydrogen-bond donors (Lipinski definition) is 2. The lowest BCUT2D eigenvalue weighted by atomic mass is 9.96. The Labute approximate surface area is 150 Å². The zero-order chi connectivity index (χ0) is 17.2. The Balaban J connectivity index is 1.60. The van der Waals surface area contributed by atoms with Gasteiger partial charge in [-0.3, -0.25) is 5.10 Å². The van der Waals surface area contributed by atoms with E-state index in [1.54, 1.807) is 23.1 Å². The molecule has 0 saturated heterocycles. The van der Waals surface area contributed by atoms with Gasteiger partial charge < -0.3 is 5.32 Å². The Morgan fingerprint density at radius 2 is 2.00 bits per heavy atom. The van der Waals surface area contributed by atoms with Crippen molar-refractivity contribution >= 4 is 33.9 Å². The van der Waals surface area contributed by atoms with Crippen molar-refractivity contribution in [3.05, 3.63) is 46.7 Å². The minimum atomic E-state index is -0.0168. The largest absolute Gasteiger partial charge is 0.331 e. The number of thioether (sulfide) groups is 1. The SMILES string of the molecule is Cc1ccccc1Nc1nc(CSc2n[nH]c(C(C)(C)C)n2)cs1. The van der Waals surface area contributed by atoms with E-state index in [0.29, 0.717) is 0 Å². The van der Waals surface area contributed by atoms with Crippen LogP contribution in [0.3, 0.4) is 0 Å². The van der Waals surface area contributed by atoms with E-state index < -0.39 is 0 Å². The van der Waals surface area contributed by atoms with Crippen molar-refractivity contribution in [3.8, 4) is 0 Å². The van der Waals surface area contributed by atoms with E-state index in [0.717, 1.165) is 33.2 Å². The molecule has 0 atom stereocenters.